The highest BCUT2D eigenvalue weighted by atomic mass is 127. The van der Waals surface area contributed by atoms with E-state index in [2.05, 4.69) is 32.6 Å². The van der Waals surface area contributed by atoms with E-state index < -0.39 is 10.8 Å². The first kappa shape index (κ1) is 21.5. The number of halogens is 1. The van der Waals surface area contributed by atoms with Gasteiger partial charge in [-0.3, -0.25) is 14.9 Å². The lowest BCUT2D eigenvalue weighted by Crippen LogP contribution is -2.24. The molecule has 0 N–H and O–H groups in total. The number of benzene rings is 2. The van der Waals surface area contributed by atoms with E-state index in [-0.39, 0.29) is 11.3 Å². The van der Waals surface area contributed by atoms with Crippen molar-refractivity contribution in [3.05, 3.63) is 91.2 Å². The molecule has 0 unspecified atom stereocenters. The Kier molecular flexibility index (Phi) is 5.79. The maximum absolute atomic E-state index is 13.1. The van der Waals surface area contributed by atoms with Crippen LogP contribution in [0.5, 0.6) is 0 Å². The lowest BCUT2D eigenvalue weighted by Gasteiger charge is -2.21. The number of amidine groups is 2. The Balaban J connectivity index is 1.55. The molecule has 2 aromatic carbocycles. The molecule has 0 radical (unpaired) electrons. The molecule has 0 aromatic heterocycles. The number of hydrogen-bond acceptors (Lipinski definition) is 5. The normalized spacial score (nSPS) is 18.4. The van der Waals surface area contributed by atoms with Crippen LogP contribution in [0.2, 0.25) is 0 Å². The molecule has 9 heteroatoms. The van der Waals surface area contributed by atoms with Crippen LogP contribution in [0, 0.1) is 10.1 Å². The Morgan fingerprint density at radius 1 is 1.12 bits per heavy atom. The number of fused-ring (bicyclic) bond motifs is 2. The molecule has 1 fully saturated rings. The van der Waals surface area contributed by atoms with Gasteiger partial charge in [-0.15, -0.1) is 0 Å². The van der Waals surface area contributed by atoms with Gasteiger partial charge in [-0.05, 0) is 65.3 Å². The third-order valence-corrected chi connectivity index (χ3v) is 6.50. The highest BCUT2D eigenvalue weighted by Crippen LogP contribution is 2.32. The summed E-state index contributed by atoms with van der Waals surface area (Å²) in [5.74, 6) is 0.432. The molecular weight excluding hydrogens is 533 g/mol. The minimum absolute atomic E-state index is 0.0726. The zero-order chi connectivity index (χ0) is 22.9. The van der Waals surface area contributed by atoms with Crippen molar-refractivity contribution in [1.29, 1.82) is 0 Å². The van der Waals surface area contributed by atoms with Crippen LogP contribution in [0.3, 0.4) is 0 Å². The smallest absolute Gasteiger partial charge is 0.293 e. The number of carbonyl (C=O) groups is 1. The molecule has 0 aliphatic carbocycles. The van der Waals surface area contributed by atoms with Crippen molar-refractivity contribution in [3.8, 4) is 0 Å². The number of nitrogens with zero attached hydrogens (tertiary/aromatic N) is 5. The van der Waals surface area contributed by atoms with Gasteiger partial charge in [0.25, 0.3) is 11.6 Å². The van der Waals surface area contributed by atoms with Gasteiger partial charge in [0.2, 0.25) is 0 Å². The molecule has 1 saturated heterocycles. The predicted octanol–water partition coefficient (Wildman–Crippen LogP) is 4.84. The van der Waals surface area contributed by atoms with Crippen LogP contribution >= 0.6 is 22.6 Å². The molecule has 166 valence electrons. The Morgan fingerprint density at radius 2 is 1.91 bits per heavy atom. The number of amides is 1. The quantitative estimate of drug-likeness (QED) is 0.308. The van der Waals surface area contributed by atoms with Crippen molar-refractivity contribution in [2.45, 2.75) is 19.4 Å². The number of rotatable bonds is 3. The fourth-order valence-corrected chi connectivity index (χ4v) is 4.75. The minimum atomic E-state index is -0.557. The average molecular weight is 553 g/mol. The fourth-order valence-electron chi connectivity index (χ4n) is 4.24. The molecule has 33 heavy (non-hydrogen) atoms. The van der Waals surface area contributed by atoms with Gasteiger partial charge in [-0.2, -0.15) is 4.99 Å². The van der Waals surface area contributed by atoms with Gasteiger partial charge >= 0.3 is 0 Å². The molecule has 0 saturated carbocycles. The van der Waals surface area contributed by atoms with Crippen LogP contribution in [0.4, 0.5) is 11.4 Å². The summed E-state index contributed by atoms with van der Waals surface area (Å²) >= 11 is 2.25. The SMILES string of the molecule is O=C(N=C1N=C2C=CC(I)=CN2Cc2ccccc21)c1ccc(N2CCCC2)c([N+](=O)[O-])c1. The predicted molar refractivity (Wildman–Crippen MR) is 136 cm³/mol. The molecule has 3 aliphatic heterocycles. The lowest BCUT2D eigenvalue weighted by molar-refractivity contribution is -0.384. The maximum atomic E-state index is 13.1. The molecule has 0 spiro atoms. The van der Waals surface area contributed by atoms with Gasteiger partial charge in [0.1, 0.15) is 11.5 Å². The zero-order valence-electron chi connectivity index (χ0n) is 17.6. The van der Waals surface area contributed by atoms with Gasteiger partial charge in [-0.1, -0.05) is 24.3 Å². The van der Waals surface area contributed by atoms with E-state index in [9.17, 15) is 14.9 Å². The van der Waals surface area contributed by atoms with E-state index in [1.165, 1.54) is 6.07 Å². The number of carbonyl (C=O) groups excluding carboxylic acids is 1. The second kappa shape index (κ2) is 8.89. The fraction of sp³-hybridized carbons (Fsp3) is 0.208. The average Bonchev–Trinajstić information content (AvgIpc) is 3.30. The summed E-state index contributed by atoms with van der Waals surface area (Å²) in [5, 5.41) is 11.7. The first-order valence-electron chi connectivity index (χ1n) is 10.6. The van der Waals surface area contributed by atoms with Crippen LogP contribution in [0.15, 0.2) is 74.4 Å². The largest absolute Gasteiger partial charge is 0.366 e. The Bertz CT molecular complexity index is 1270. The topological polar surface area (TPSA) is 91.4 Å². The number of nitro benzene ring substituents is 1. The Morgan fingerprint density at radius 3 is 2.70 bits per heavy atom. The van der Waals surface area contributed by atoms with E-state index in [0.29, 0.717) is 23.9 Å². The minimum Gasteiger partial charge on any atom is -0.366 e. The molecule has 3 aliphatic rings. The van der Waals surface area contributed by atoms with Crippen molar-refractivity contribution in [2.24, 2.45) is 9.98 Å². The monoisotopic (exact) mass is 553 g/mol. The summed E-state index contributed by atoms with van der Waals surface area (Å²) in [4.78, 5) is 37.4. The van der Waals surface area contributed by atoms with E-state index >= 15 is 0 Å². The van der Waals surface area contributed by atoms with Crippen LogP contribution in [0.25, 0.3) is 0 Å². The molecule has 0 bridgehead atoms. The number of anilines is 1. The van der Waals surface area contributed by atoms with Crippen LogP contribution in [-0.2, 0) is 6.54 Å². The van der Waals surface area contributed by atoms with E-state index in [4.69, 9.17) is 0 Å². The summed E-state index contributed by atoms with van der Waals surface area (Å²) in [5.41, 5.74) is 2.41. The van der Waals surface area contributed by atoms with E-state index in [1.54, 1.807) is 12.1 Å². The molecule has 8 nitrogen and oxygen atoms in total. The van der Waals surface area contributed by atoms with Gasteiger partial charge in [0, 0.05) is 46.6 Å². The maximum Gasteiger partial charge on any atom is 0.293 e. The van der Waals surface area contributed by atoms with Gasteiger partial charge < -0.3 is 9.80 Å². The van der Waals surface area contributed by atoms with Gasteiger partial charge in [-0.25, -0.2) is 4.99 Å². The van der Waals surface area contributed by atoms with E-state index in [1.807, 2.05) is 52.4 Å². The van der Waals surface area contributed by atoms with Gasteiger partial charge in [0.15, 0.2) is 5.84 Å². The number of allylic oxidation sites excluding steroid dienone is 2. The molecule has 1 amide bonds. The molecular formula is C24H20IN5O3. The Labute approximate surface area is 204 Å². The summed E-state index contributed by atoms with van der Waals surface area (Å²) in [7, 11) is 0. The first-order valence-corrected chi connectivity index (χ1v) is 11.7. The molecule has 5 rings (SSSR count). The second-order valence-corrected chi connectivity index (χ2v) is 9.24. The number of hydrogen-bond donors (Lipinski definition) is 0. The third kappa shape index (κ3) is 4.32. The first-order chi connectivity index (χ1) is 16.0. The molecule has 0 atom stereocenters. The number of nitro groups is 1. The molecule has 2 aromatic rings. The third-order valence-electron chi connectivity index (χ3n) is 5.86. The van der Waals surface area contributed by atoms with Crippen molar-refractivity contribution >= 4 is 51.5 Å². The van der Waals surface area contributed by atoms with Gasteiger partial charge in [0.05, 0.1) is 4.92 Å². The van der Waals surface area contributed by atoms with Crippen molar-refractivity contribution in [3.63, 3.8) is 0 Å². The highest BCUT2D eigenvalue weighted by molar-refractivity contribution is 14.1. The summed E-state index contributed by atoms with van der Waals surface area (Å²) in [6.45, 7) is 2.17. The van der Waals surface area contributed by atoms with Crippen molar-refractivity contribution in [2.75, 3.05) is 18.0 Å². The van der Waals surface area contributed by atoms with Crippen LogP contribution in [-0.4, -0.2) is 40.5 Å². The Hall–Kier alpha value is -3.34. The molecule has 3 heterocycles. The van der Waals surface area contributed by atoms with Crippen molar-refractivity contribution in [1.82, 2.24) is 4.90 Å². The summed E-state index contributed by atoms with van der Waals surface area (Å²) < 4.78 is 1.07. The standard InChI is InChI=1S/C24H20IN5O3/c25-18-8-10-22-26-23(19-6-2-1-5-17(19)14-29(22)15-18)27-24(31)16-7-9-20(21(13-16)30(32)33)28-11-3-4-12-28/h1-2,5-10,13,15H,3-4,11-12,14H2. The van der Waals surface area contributed by atoms with Crippen LogP contribution in [0.1, 0.15) is 34.3 Å². The van der Waals surface area contributed by atoms with E-state index in [0.717, 1.165) is 40.6 Å². The highest BCUT2D eigenvalue weighted by Gasteiger charge is 2.25. The lowest BCUT2D eigenvalue weighted by atomic mass is 10.1. The summed E-state index contributed by atoms with van der Waals surface area (Å²) in [6, 6.07) is 12.3. The summed E-state index contributed by atoms with van der Waals surface area (Å²) in [6.07, 6.45) is 7.85. The number of aliphatic imine (C=N–C) groups is 2. The van der Waals surface area contributed by atoms with Crippen LogP contribution < -0.4 is 4.90 Å². The zero-order valence-corrected chi connectivity index (χ0v) is 19.8. The van der Waals surface area contributed by atoms with Crippen molar-refractivity contribution < 1.29 is 9.72 Å². The second-order valence-electron chi connectivity index (χ2n) is 8.00.